The molecule has 0 aromatic heterocycles. The van der Waals surface area contributed by atoms with Crippen LogP contribution in [0.2, 0.25) is 0 Å². The largest absolute Gasteiger partial charge is 0.322 e. The van der Waals surface area contributed by atoms with Crippen molar-refractivity contribution in [2.45, 2.75) is 27.2 Å². The van der Waals surface area contributed by atoms with Gasteiger partial charge in [0.2, 0.25) is 0 Å². The van der Waals surface area contributed by atoms with Gasteiger partial charge in [0.25, 0.3) is 5.91 Å². The van der Waals surface area contributed by atoms with Gasteiger partial charge in [-0.2, -0.15) is 0 Å². The Morgan fingerprint density at radius 3 is 2.70 bits per heavy atom. The molecule has 0 bridgehead atoms. The smallest absolute Gasteiger partial charge is 0.255 e. The van der Waals surface area contributed by atoms with Crippen molar-refractivity contribution in [1.29, 1.82) is 0 Å². The summed E-state index contributed by atoms with van der Waals surface area (Å²) < 4.78 is 0. The first kappa shape index (κ1) is 15.2. The number of hydrogen-bond acceptors (Lipinski definition) is 3. The summed E-state index contributed by atoms with van der Waals surface area (Å²) in [4.78, 5) is 29.0. The predicted octanol–water partition coefficient (Wildman–Crippen LogP) is 4.23. The summed E-state index contributed by atoms with van der Waals surface area (Å²) in [5.41, 5.74) is 5.37. The third-order valence-electron chi connectivity index (χ3n) is 4.14. The molecule has 23 heavy (non-hydrogen) atoms. The van der Waals surface area contributed by atoms with Gasteiger partial charge >= 0.3 is 0 Å². The zero-order valence-corrected chi connectivity index (χ0v) is 13.4. The number of hydrogen-bond donors (Lipinski definition) is 1. The molecule has 2 aromatic carbocycles. The minimum atomic E-state index is -0.222. The van der Waals surface area contributed by atoms with E-state index >= 15 is 0 Å². The number of ketones is 1. The van der Waals surface area contributed by atoms with E-state index in [1.54, 1.807) is 18.2 Å². The van der Waals surface area contributed by atoms with E-state index in [-0.39, 0.29) is 11.7 Å². The minimum absolute atomic E-state index is 0.00823. The SMILES string of the molecule is CC1=Nc2ccc(C(=O)Nc3cccc(C)c3C)cc2C(=O)C1. The normalized spacial score (nSPS) is 13.3. The van der Waals surface area contributed by atoms with Crippen LogP contribution in [0.25, 0.3) is 0 Å². The maximum absolute atomic E-state index is 12.5. The Kier molecular flexibility index (Phi) is 3.82. The molecule has 0 spiro atoms. The first-order chi connectivity index (χ1) is 11.0. The van der Waals surface area contributed by atoms with Crippen LogP contribution < -0.4 is 5.32 Å². The van der Waals surface area contributed by atoms with Crippen LogP contribution in [0.15, 0.2) is 41.4 Å². The highest BCUT2D eigenvalue weighted by Gasteiger charge is 2.20. The zero-order chi connectivity index (χ0) is 16.6. The highest BCUT2D eigenvalue weighted by Crippen LogP contribution is 2.27. The van der Waals surface area contributed by atoms with Crippen molar-refractivity contribution in [2.24, 2.45) is 4.99 Å². The number of nitrogens with one attached hydrogen (secondary N) is 1. The van der Waals surface area contributed by atoms with Crippen molar-refractivity contribution in [3.8, 4) is 0 Å². The molecule has 116 valence electrons. The number of fused-ring (bicyclic) bond motifs is 1. The van der Waals surface area contributed by atoms with E-state index in [1.165, 1.54) is 0 Å². The Bertz CT molecular complexity index is 850. The van der Waals surface area contributed by atoms with E-state index in [2.05, 4.69) is 10.3 Å². The molecular weight excluding hydrogens is 288 g/mol. The molecule has 1 N–H and O–H groups in total. The number of nitrogens with zero attached hydrogens (tertiary/aromatic N) is 1. The summed E-state index contributed by atoms with van der Waals surface area (Å²) in [6.07, 6.45) is 0.315. The molecule has 0 fully saturated rings. The number of carbonyl (C=O) groups excluding carboxylic acids is 2. The standard InChI is InChI=1S/C19H18N2O2/c1-11-5-4-6-16(13(11)3)21-19(23)14-7-8-17-15(10-14)18(22)9-12(2)20-17/h4-8,10H,9H2,1-3H3,(H,21,23). The van der Waals surface area contributed by atoms with E-state index in [9.17, 15) is 9.59 Å². The maximum Gasteiger partial charge on any atom is 0.255 e. The van der Waals surface area contributed by atoms with Gasteiger partial charge in [-0.25, -0.2) is 0 Å². The highest BCUT2D eigenvalue weighted by atomic mass is 16.1. The van der Waals surface area contributed by atoms with Gasteiger partial charge in [0.15, 0.2) is 5.78 Å². The van der Waals surface area contributed by atoms with Crippen molar-refractivity contribution in [2.75, 3.05) is 5.32 Å². The first-order valence-corrected chi connectivity index (χ1v) is 7.54. The Labute approximate surface area is 135 Å². The lowest BCUT2D eigenvalue weighted by atomic mass is 9.98. The number of aryl methyl sites for hydroxylation is 1. The van der Waals surface area contributed by atoms with Crippen LogP contribution >= 0.6 is 0 Å². The van der Waals surface area contributed by atoms with Gasteiger partial charge in [-0.15, -0.1) is 0 Å². The fraction of sp³-hybridized carbons (Fsp3) is 0.211. The molecule has 0 radical (unpaired) electrons. The highest BCUT2D eigenvalue weighted by molar-refractivity contribution is 6.16. The number of benzene rings is 2. The third-order valence-corrected chi connectivity index (χ3v) is 4.14. The van der Waals surface area contributed by atoms with Crippen LogP contribution in [0.3, 0.4) is 0 Å². The van der Waals surface area contributed by atoms with Gasteiger partial charge in [-0.1, -0.05) is 12.1 Å². The minimum Gasteiger partial charge on any atom is -0.322 e. The lowest BCUT2D eigenvalue weighted by Crippen LogP contribution is -2.16. The predicted molar refractivity (Wildman–Crippen MR) is 92.0 cm³/mol. The molecule has 1 aliphatic rings. The summed E-state index contributed by atoms with van der Waals surface area (Å²) >= 11 is 0. The molecule has 4 nitrogen and oxygen atoms in total. The topological polar surface area (TPSA) is 58.5 Å². The fourth-order valence-electron chi connectivity index (χ4n) is 2.65. The zero-order valence-electron chi connectivity index (χ0n) is 13.4. The monoisotopic (exact) mass is 306 g/mol. The first-order valence-electron chi connectivity index (χ1n) is 7.54. The average Bonchev–Trinajstić information content (AvgIpc) is 2.51. The van der Waals surface area contributed by atoms with Gasteiger partial charge in [-0.3, -0.25) is 14.6 Å². The molecule has 0 atom stereocenters. The van der Waals surface area contributed by atoms with Gasteiger partial charge in [-0.05, 0) is 56.2 Å². The van der Waals surface area contributed by atoms with Crippen LogP contribution in [0.5, 0.6) is 0 Å². The van der Waals surface area contributed by atoms with Crippen molar-refractivity contribution in [3.63, 3.8) is 0 Å². The van der Waals surface area contributed by atoms with Crippen LogP contribution in [-0.2, 0) is 0 Å². The molecular formula is C19H18N2O2. The number of Topliss-reactive ketones (excluding diaryl/α,β-unsaturated/α-hetero) is 1. The van der Waals surface area contributed by atoms with Crippen LogP contribution in [0.4, 0.5) is 11.4 Å². The molecule has 4 heteroatoms. The molecule has 0 aliphatic carbocycles. The second-order valence-corrected chi connectivity index (χ2v) is 5.88. The van der Waals surface area contributed by atoms with E-state index in [1.807, 2.05) is 39.0 Å². The molecule has 1 aliphatic heterocycles. The molecule has 1 amide bonds. The van der Waals surface area contributed by atoms with Gasteiger partial charge in [0, 0.05) is 28.9 Å². The molecule has 3 rings (SSSR count). The van der Waals surface area contributed by atoms with Crippen LogP contribution in [0.1, 0.15) is 45.2 Å². The average molecular weight is 306 g/mol. The lowest BCUT2D eigenvalue weighted by molar-refractivity contribution is 0.0999. The molecule has 1 heterocycles. The van der Waals surface area contributed by atoms with Gasteiger partial charge in [0.1, 0.15) is 0 Å². The Morgan fingerprint density at radius 1 is 1.13 bits per heavy atom. The summed E-state index contributed by atoms with van der Waals surface area (Å²) in [7, 11) is 0. The molecule has 0 unspecified atom stereocenters. The van der Waals surface area contributed by atoms with Gasteiger partial charge in [0.05, 0.1) is 5.69 Å². The van der Waals surface area contributed by atoms with Crippen molar-refractivity contribution in [3.05, 3.63) is 58.7 Å². The Balaban J connectivity index is 1.91. The summed E-state index contributed by atoms with van der Waals surface area (Å²) in [5, 5.41) is 2.91. The van der Waals surface area contributed by atoms with Crippen LogP contribution in [0, 0.1) is 13.8 Å². The Hall–Kier alpha value is -2.75. The summed E-state index contributed by atoms with van der Waals surface area (Å²) in [5.74, 6) is -0.213. The Morgan fingerprint density at radius 2 is 1.91 bits per heavy atom. The van der Waals surface area contributed by atoms with E-state index in [4.69, 9.17) is 0 Å². The molecule has 0 saturated carbocycles. The number of amides is 1. The number of aliphatic imine (C=N–C) groups is 1. The quantitative estimate of drug-likeness (QED) is 0.902. The lowest BCUT2D eigenvalue weighted by Gasteiger charge is -2.14. The second kappa shape index (κ2) is 5.80. The van der Waals surface area contributed by atoms with E-state index in [0.29, 0.717) is 23.2 Å². The van der Waals surface area contributed by atoms with E-state index < -0.39 is 0 Å². The number of carbonyl (C=O) groups is 2. The number of rotatable bonds is 2. The number of anilines is 1. The van der Waals surface area contributed by atoms with Crippen molar-refractivity contribution in [1.82, 2.24) is 0 Å². The van der Waals surface area contributed by atoms with Gasteiger partial charge < -0.3 is 5.32 Å². The molecule has 2 aromatic rings. The third kappa shape index (κ3) is 2.93. The fourth-order valence-corrected chi connectivity index (χ4v) is 2.65. The van der Waals surface area contributed by atoms with Crippen molar-refractivity contribution < 1.29 is 9.59 Å². The summed E-state index contributed by atoms with van der Waals surface area (Å²) in [6, 6.07) is 10.9. The van der Waals surface area contributed by atoms with Crippen molar-refractivity contribution >= 4 is 28.8 Å². The maximum atomic E-state index is 12.5. The summed E-state index contributed by atoms with van der Waals surface area (Å²) in [6.45, 7) is 5.81. The second-order valence-electron chi connectivity index (χ2n) is 5.88. The molecule has 0 saturated heterocycles. The van der Waals surface area contributed by atoms with Crippen LogP contribution in [-0.4, -0.2) is 17.4 Å². The van der Waals surface area contributed by atoms with E-state index in [0.717, 1.165) is 22.5 Å².